The highest BCUT2D eigenvalue weighted by molar-refractivity contribution is 8.00. The zero-order valence-corrected chi connectivity index (χ0v) is 12.9. The van der Waals surface area contributed by atoms with Gasteiger partial charge in [-0.1, -0.05) is 6.42 Å². The topological polar surface area (TPSA) is 43.3 Å². The first-order valence-corrected chi connectivity index (χ1v) is 7.36. The van der Waals surface area contributed by atoms with Crippen molar-refractivity contribution in [2.24, 2.45) is 5.73 Å². The van der Waals surface area contributed by atoms with E-state index in [-0.39, 0.29) is 12.4 Å². The molecule has 1 aliphatic rings. The summed E-state index contributed by atoms with van der Waals surface area (Å²) in [5.74, 6) is 0.925. The number of thioether (sulfide) groups is 1. The first kappa shape index (κ1) is 14.7. The summed E-state index contributed by atoms with van der Waals surface area (Å²) in [6, 6.07) is 4.28. The monoisotopic (exact) mass is 297 g/mol. The number of hydrogen-bond donors (Lipinski definition) is 1. The second-order valence-corrected chi connectivity index (χ2v) is 6.94. The molecule has 1 fully saturated rings. The molecule has 0 saturated heterocycles. The molecular formula is C14H20ClN3S. The van der Waals surface area contributed by atoms with Crippen LogP contribution < -0.4 is 5.73 Å². The maximum atomic E-state index is 6.17. The molecule has 0 spiro atoms. The maximum Gasteiger partial charge on any atom is 0.132 e. The Bertz CT molecular complexity index is 570. The lowest BCUT2D eigenvalue weighted by molar-refractivity contribution is 0.511. The van der Waals surface area contributed by atoms with Crippen LogP contribution in [0.2, 0.25) is 0 Å². The Balaban J connectivity index is 0.00000133. The van der Waals surface area contributed by atoms with Gasteiger partial charge in [0.2, 0.25) is 0 Å². The van der Waals surface area contributed by atoms with Gasteiger partial charge in [0, 0.05) is 16.3 Å². The van der Waals surface area contributed by atoms with E-state index >= 15 is 0 Å². The number of nitrogens with two attached hydrogens (primary N) is 1. The highest BCUT2D eigenvalue weighted by Gasteiger charge is 2.23. The molecule has 5 heteroatoms. The lowest BCUT2D eigenvalue weighted by atomic mass is 10.0. The third kappa shape index (κ3) is 2.76. The van der Waals surface area contributed by atoms with Crippen LogP contribution in [0.1, 0.15) is 38.9 Å². The van der Waals surface area contributed by atoms with Crippen molar-refractivity contribution in [3.8, 4) is 0 Å². The minimum Gasteiger partial charge on any atom is -0.319 e. The highest BCUT2D eigenvalue weighted by Crippen LogP contribution is 2.38. The van der Waals surface area contributed by atoms with Gasteiger partial charge in [-0.15, -0.1) is 24.2 Å². The Hall–Kier alpha value is -0.710. The molecule has 0 aliphatic heterocycles. The summed E-state index contributed by atoms with van der Waals surface area (Å²) in [6.45, 7) is 3.99. The quantitative estimate of drug-likeness (QED) is 0.941. The van der Waals surface area contributed by atoms with Gasteiger partial charge in [-0.05, 0) is 38.8 Å². The van der Waals surface area contributed by atoms with Crippen molar-refractivity contribution in [3.05, 3.63) is 30.4 Å². The van der Waals surface area contributed by atoms with E-state index in [4.69, 9.17) is 5.73 Å². The fourth-order valence-corrected chi connectivity index (χ4v) is 3.60. The maximum absolute atomic E-state index is 6.17. The predicted octanol–water partition coefficient (Wildman–Crippen LogP) is 3.59. The number of fused-ring (bicyclic) bond motifs is 1. The molecule has 0 aromatic carbocycles. The molecule has 3 rings (SSSR count). The number of hydrogen-bond acceptors (Lipinski definition) is 3. The van der Waals surface area contributed by atoms with Crippen LogP contribution in [0, 0.1) is 0 Å². The fourth-order valence-electron chi connectivity index (χ4n) is 2.24. The molecule has 1 aliphatic carbocycles. The normalized spacial score (nSPS) is 16.2. The van der Waals surface area contributed by atoms with Gasteiger partial charge in [0.05, 0.1) is 17.3 Å². The molecular weight excluding hydrogens is 278 g/mol. The fraction of sp³-hybridized carbons (Fsp3) is 0.500. The minimum absolute atomic E-state index is 0. The average molecular weight is 298 g/mol. The van der Waals surface area contributed by atoms with Crippen molar-refractivity contribution in [1.29, 1.82) is 0 Å². The SMILES string of the molecule is CC(C)(N)c1ncc2c(SC3CCC3)cccn12.Cl. The van der Waals surface area contributed by atoms with Crippen LogP contribution in [0.4, 0.5) is 0 Å². The Morgan fingerprint density at radius 1 is 1.42 bits per heavy atom. The van der Waals surface area contributed by atoms with E-state index in [1.807, 2.05) is 31.8 Å². The molecule has 1 saturated carbocycles. The van der Waals surface area contributed by atoms with Gasteiger partial charge in [-0.25, -0.2) is 4.98 Å². The summed E-state index contributed by atoms with van der Waals surface area (Å²) in [4.78, 5) is 5.83. The first-order valence-electron chi connectivity index (χ1n) is 6.48. The van der Waals surface area contributed by atoms with E-state index < -0.39 is 5.54 Å². The van der Waals surface area contributed by atoms with Crippen molar-refractivity contribution < 1.29 is 0 Å². The van der Waals surface area contributed by atoms with Crippen LogP contribution in [-0.2, 0) is 5.54 Å². The van der Waals surface area contributed by atoms with E-state index in [1.165, 1.54) is 29.7 Å². The molecule has 2 N–H and O–H groups in total. The summed E-state index contributed by atoms with van der Waals surface area (Å²) in [7, 11) is 0. The van der Waals surface area contributed by atoms with Crippen molar-refractivity contribution in [2.45, 2.75) is 48.8 Å². The summed E-state index contributed by atoms with van der Waals surface area (Å²) in [5.41, 5.74) is 6.94. The van der Waals surface area contributed by atoms with Gasteiger partial charge in [0.25, 0.3) is 0 Å². The smallest absolute Gasteiger partial charge is 0.132 e. The number of pyridine rings is 1. The van der Waals surface area contributed by atoms with Crippen LogP contribution in [0.25, 0.3) is 5.52 Å². The van der Waals surface area contributed by atoms with Crippen LogP contribution in [0.3, 0.4) is 0 Å². The van der Waals surface area contributed by atoms with Gasteiger partial charge in [0.15, 0.2) is 0 Å². The Morgan fingerprint density at radius 2 is 2.16 bits per heavy atom. The third-order valence-corrected chi connectivity index (χ3v) is 4.86. The van der Waals surface area contributed by atoms with Crippen molar-refractivity contribution in [3.63, 3.8) is 0 Å². The third-order valence-electron chi connectivity index (χ3n) is 3.45. The van der Waals surface area contributed by atoms with E-state index in [9.17, 15) is 0 Å². The molecule has 0 radical (unpaired) electrons. The molecule has 2 heterocycles. The lowest BCUT2D eigenvalue weighted by Crippen LogP contribution is -2.31. The molecule has 3 nitrogen and oxygen atoms in total. The molecule has 104 valence electrons. The van der Waals surface area contributed by atoms with E-state index in [1.54, 1.807) is 0 Å². The van der Waals surface area contributed by atoms with Gasteiger partial charge in [-0.2, -0.15) is 0 Å². The van der Waals surface area contributed by atoms with Crippen LogP contribution in [-0.4, -0.2) is 14.6 Å². The molecule has 19 heavy (non-hydrogen) atoms. The molecule has 0 unspecified atom stereocenters. The number of nitrogens with zero attached hydrogens (tertiary/aromatic N) is 2. The van der Waals surface area contributed by atoms with Gasteiger partial charge in [0.1, 0.15) is 5.82 Å². The van der Waals surface area contributed by atoms with Crippen LogP contribution in [0.5, 0.6) is 0 Å². The molecule has 0 amide bonds. The second-order valence-electron chi connectivity index (χ2n) is 5.60. The Labute approximate surface area is 124 Å². The summed E-state index contributed by atoms with van der Waals surface area (Å²) < 4.78 is 2.13. The average Bonchev–Trinajstić information content (AvgIpc) is 2.67. The van der Waals surface area contributed by atoms with E-state index in [0.717, 1.165) is 11.1 Å². The zero-order valence-electron chi connectivity index (χ0n) is 11.3. The largest absolute Gasteiger partial charge is 0.319 e. The second kappa shape index (κ2) is 5.35. The van der Waals surface area contributed by atoms with Crippen molar-refractivity contribution >= 4 is 29.7 Å². The molecule has 2 aromatic heterocycles. The van der Waals surface area contributed by atoms with Crippen molar-refractivity contribution in [1.82, 2.24) is 9.38 Å². The van der Waals surface area contributed by atoms with Gasteiger partial charge in [-0.3, -0.25) is 0 Å². The number of halogens is 1. The number of rotatable bonds is 3. The Morgan fingerprint density at radius 3 is 2.74 bits per heavy atom. The van der Waals surface area contributed by atoms with E-state index in [2.05, 4.69) is 27.7 Å². The standard InChI is InChI=1S/C14H19N3S.ClH/c1-14(2,15)13-16-9-11-12(7-4-8-17(11)13)18-10-5-3-6-10;/h4,7-10H,3,5-6,15H2,1-2H3;1H. The zero-order chi connectivity index (χ0) is 12.8. The van der Waals surface area contributed by atoms with Crippen LogP contribution >= 0.6 is 24.2 Å². The summed E-state index contributed by atoms with van der Waals surface area (Å²) in [5, 5.41) is 0.792. The van der Waals surface area contributed by atoms with Gasteiger partial charge < -0.3 is 10.1 Å². The summed E-state index contributed by atoms with van der Waals surface area (Å²) >= 11 is 1.98. The lowest BCUT2D eigenvalue weighted by Gasteiger charge is -2.25. The number of imidazole rings is 1. The van der Waals surface area contributed by atoms with Crippen LogP contribution in [0.15, 0.2) is 29.4 Å². The van der Waals surface area contributed by atoms with Gasteiger partial charge >= 0.3 is 0 Å². The first-order chi connectivity index (χ1) is 8.55. The Kier molecular flexibility index (Phi) is 4.14. The summed E-state index contributed by atoms with van der Waals surface area (Å²) in [6.07, 6.45) is 8.06. The molecule has 0 bridgehead atoms. The van der Waals surface area contributed by atoms with Crippen molar-refractivity contribution in [2.75, 3.05) is 0 Å². The minimum atomic E-state index is -0.411. The van der Waals surface area contributed by atoms with E-state index in [0.29, 0.717) is 0 Å². The highest BCUT2D eigenvalue weighted by atomic mass is 35.5. The predicted molar refractivity (Wildman–Crippen MR) is 83.1 cm³/mol. The molecule has 0 atom stereocenters. The number of aromatic nitrogens is 2. The molecule has 2 aromatic rings.